The van der Waals surface area contributed by atoms with Gasteiger partial charge in [0.1, 0.15) is 5.82 Å². The van der Waals surface area contributed by atoms with Crippen molar-refractivity contribution in [2.24, 2.45) is 0 Å². The molecule has 6 nitrogen and oxygen atoms in total. The summed E-state index contributed by atoms with van der Waals surface area (Å²) >= 11 is 0. The molecule has 1 fully saturated rings. The number of nitrogens with zero attached hydrogens (tertiary/aromatic N) is 1. The van der Waals surface area contributed by atoms with Crippen molar-refractivity contribution in [3.63, 3.8) is 0 Å². The molecule has 4 N–H and O–H groups in total. The number of rotatable bonds is 4. The third kappa shape index (κ3) is 3.17. The van der Waals surface area contributed by atoms with Gasteiger partial charge in [0.15, 0.2) is 0 Å². The minimum absolute atomic E-state index is 0.0380. The molecule has 17 heavy (non-hydrogen) atoms. The van der Waals surface area contributed by atoms with E-state index in [2.05, 4.69) is 15.6 Å². The van der Waals surface area contributed by atoms with Crippen LogP contribution in [0.15, 0.2) is 18.3 Å². The van der Waals surface area contributed by atoms with Gasteiger partial charge in [0, 0.05) is 12.2 Å². The number of anilines is 1. The van der Waals surface area contributed by atoms with Crippen LogP contribution in [0.5, 0.6) is 0 Å². The van der Waals surface area contributed by atoms with E-state index in [1.54, 1.807) is 12.1 Å². The summed E-state index contributed by atoms with van der Waals surface area (Å²) in [5, 5.41) is 5.28. The van der Waals surface area contributed by atoms with Crippen molar-refractivity contribution in [1.29, 1.82) is 0 Å². The maximum absolute atomic E-state index is 11.7. The van der Waals surface area contributed by atoms with E-state index in [9.17, 15) is 9.59 Å². The van der Waals surface area contributed by atoms with E-state index in [0.29, 0.717) is 6.04 Å². The summed E-state index contributed by atoms with van der Waals surface area (Å²) in [7, 11) is 0. The summed E-state index contributed by atoms with van der Waals surface area (Å²) in [6, 6.07) is 3.48. The molecule has 90 valence electrons. The summed E-state index contributed by atoms with van der Waals surface area (Å²) in [4.78, 5) is 26.8. The minimum Gasteiger partial charge on any atom is -0.383 e. The zero-order chi connectivity index (χ0) is 12.3. The van der Waals surface area contributed by atoms with E-state index < -0.39 is 0 Å². The molecule has 6 heteroatoms. The topological polar surface area (TPSA) is 97.1 Å². The first-order chi connectivity index (χ1) is 8.16. The molecule has 1 aromatic rings. The lowest BCUT2D eigenvalue weighted by Gasteiger charge is -2.06. The second-order valence-electron chi connectivity index (χ2n) is 3.96. The average molecular weight is 234 g/mol. The largest absolute Gasteiger partial charge is 0.383 e. The van der Waals surface area contributed by atoms with Gasteiger partial charge in [-0.3, -0.25) is 9.59 Å². The molecule has 1 heterocycles. The molecule has 1 aliphatic carbocycles. The quantitative estimate of drug-likeness (QED) is 0.664. The van der Waals surface area contributed by atoms with Crippen molar-refractivity contribution < 1.29 is 9.59 Å². The molecule has 0 aromatic carbocycles. The lowest BCUT2D eigenvalue weighted by Crippen LogP contribution is -2.38. The first-order valence-electron chi connectivity index (χ1n) is 5.45. The monoisotopic (exact) mass is 234 g/mol. The third-order valence-corrected chi connectivity index (χ3v) is 2.44. The Labute approximate surface area is 98.6 Å². The number of hydrogen-bond donors (Lipinski definition) is 3. The van der Waals surface area contributed by atoms with Gasteiger partial charge in [0.25, 0.3) is 5.91 Å². The van der Waals surface area contributed by atoms with Crippen LogP contribution in [0.25, 0.3) is 0 Å². The van der Waals surface area contributed by atoms with Crippen molar-refractivity contribution in [2.45, 2.75) is 18.9 Å². The second-order valence-corrected chi connectivity index (χ2v) is 3.96. The predicted molar refractivity (Wildman–Crippen MR) is 62.1 cm³/mol. The van der Waals surface area contributed by atoms with E-state index in [1.165, 1.54) is 6.20 Å². The molecule has 2 amide bonds. The van der Waals surface area contributed by atoms with Crippen LogP contribution in [-0.4, -0.2) is 29.4 Å². The fraction of sp³-hybridized carbons (Fsp3) is 0.364. The highest BCUT2D eigenvalue weighted by atomic mass is 16.2. The number of carbonyl (C=O) groups excluding carboxylic acids is 2. The molecule has 0 unspecified atom stereocenters. The fourth-order valence-electron chi connectivity index (χ4n) is 1.37. The molecule has 1 aliphatic rings. The van der Waals surface area contributed by atoms with Crippen LogP contribution in [0.2, 0.25) is 0 Å². The predicted octanol–water partition coefficient (Wildman–Crippen LogP) is -0.328. The number of hydrogen-bond acceptors (Lipinski definition) is 4. The maximum Gasteiger partial charge on any atom is 0.255 e. The van der Waals surface area contributed by atoms with Gasteiger partial charge < -0.3 is 16.4 Å². The summed E-state index contributed by atoms with van der Waals surface area (Å²) < 4.78 is 0. The Kier molecular flexibility index (Phi) is 3.22. The van der Waals surface area contributed by atoms with Gasteiger partial charge in [-0.1, -0.05) is 0 Å². The Morgan fingerprint density at radius 3 is 2.88 bits per heavy atom. The highest BCUT2D eigenvalue weighted by Gasteiger charge is 2.23. The average Bonchev–Trinajstić information content (AvgIpc) is 3.10. The van der Waals surface area contributed by atoms with Crippen molar-refractivity contribution in [3.05, 3.63) is 23.9 Å². The minimum atomic E-state index is -0.387. The number of nitrogens with one attached hydrogen (secondary N) is 2. The van der Waals surface area contributed by atoms with Crippen LogP contribution in [0.4, 0.5) is 5.82 Å². The van der Waals surface area contributed by atoms with Gasteiger partial charge in [-0.25, -0.2) is 4.98 Å². The van der Waals surface area contributed by atoms with Crippen molar-refractivity contribution in [3.8, 4) is 0 Å². The lowest BCUT2D eigenvalue weighted by atomic mass is 10.2. The number of nitrogen functional groups attached to an aromatic ring is 1. The van der Waals surface area contributed by atoms with Crippen LogP contribution < -0.4 is 16.4 Å². The highest BCUT2D eigenvalue weighted by Crippen LogP contribution is 2.18. The highest BCUT2D eigenvalue weighted by molar-refractivity contribution is 5.99. The summed E-state index contributed by atoms with van der Waals surface area (Å²) in [6.45, 7) is -0.0380. The summed E-state index contributed by atoms with van der Waals surface area (Å²) in [5.74, 6) is -0.405. The van der Waals surface area contributed by atoms with Crippen LogP contribution >= 0.6 is 0 Å². The standard InChI is InChI=1S/C11H14N4O2/c12-10-8(2-1-5-13-10)11(17)14-6-9(16)15-7-3-4-7/h1-2,5,7H,3-4,6H2,(H2,12,13)(H,14,17)(H,15,16). The van der Waals surface area contributed by atoms with Gasteiger partial charge in [-0.2, -0.15) is 0 Å². The van der Waals surface area contributed by atoms with E-state index in [0.717, 1.165) is 12.8 Å². The van der Waals surface area contributed by atoms with Crippen LogP contribution in [0.1, 0.15) is 23.2 Å². The Morgan fingerprint density at radius 1 is 1.47 bits per heavy atom. The second kappa shape index (κ2) is 4.82. The van der Waals surface area contributed by atoms with Gasteiger partial charge in [0.2, 0.25) is 5.91 Å². The lowest BCUT2D eigenvalue weighted by molar-refractivity contribution is -0.120. The molecule has 2 rings (SSSR count). The zero-order valence-electron chi connectivity index (χ0n) is 9.27. The first-order valence-corrected chi connectivity index (χ1v) is 5.45. The first kappa shape index (κ1) is 11.4. The maximum atomic E-state index is 11.7. The third-order valence-electron chi connectivity index (χ3n) is 2.44. The van der Waals surface area contributed by atoms with Gasteiger partial charge in [0.05, 0.1) is 12.1 Å². The number of nitrogens with two attached hydrogens (primary N) is 1. The van der Waals surface area contributed by atoms with Crippen LogP contribution in [0.3, 0.4) is 0 Å². The molecular formula is C11H14N4O2. The van der Waals surface area contributed by atoms with Gasteiger partial charge in [-0.05, 0) is 25.0 Å². The molecule has 0 spiro atoms. The van der Waals surface area contributed by atoms with Crippen molar-refractivity contribution in [1.82, 2.24) is 15.6 Å². The van der Waals surface area contributed by atoms with Crippen molar-refractivity contribution >= 4 is 17.6 Å². The Morgan fingerprint density at radius 2 is 2.24 bits per heavy atom. The van der Waals surface area contributed by atoms with Gasteiger partial charge in [-0.15, -0.1) is 0 Å². The van der Waals surface area contributed by atoms with E-state index in [4.69, 9.17) is 5.73 Å². The Balaban J connectivity index is 1.84. The van der Waals surface area contributed by atoms with Gasteiger partial charge >= 0.3 is 0 Å². The van der Waals surface area contributed by atoms with Crippen molar-refractivity contribution in [2.75, 3.05) is 12.3 Å². The van der Waals surface area contributed by atoms with E-state index in [-0.39, 0.29) is 29.7 Å². The van der Waals surface area contributed by atoms with E-state index in [1.807, 2.05) is 0 Å². The molecular weight excluding hydrogens is 220 g/mol. The zero-order valence-corrected chi connectivity index (χ0v) is 9.27. The molecule has 0 aliphatic heterocycles. The number of aromatic nitrogens is 1. The van der Waals surface area contributed by atoms with E-state index >= 15 is 0 Å². The molecule has 0 saturated heterocycles. The summed E-state index contributed by atoms with van der Waals surface area (Å²) in [5.41, 5.74) is 5.83. The normalized spacial score (nSPS) is 14.1. The fourth-order valence-corrected chi connectivity index (χ4v) is 1.37. The van der Waals surface area contributed by atoms with Crippen LogP contribution in [0, 0.1) is 0 Å². The number of amides is 2. The van der Waals surface area contributed by atoms with Crippen LogP contribution in [-0.2, 0) is 4.79 Å². The molecule has 0 bridgehead atoms. The number of pyridine rings is 1. The molecule has 0 radical (unpaired) electrons. The molecule has 0 atom stereocenters. The summed E-state index contributed by atoms with van der Waals surface area (Å²) in [6.07, 6.45) is 3.55. The SMILES string of the molecule is Nc1ncccc1C(=O)NCC(=O)NC1CC1. The smallest absolute Gasteiger partial charge is 0.255 e. The Bertz CT molecular complexity index is 443. The Hall–Kier alpha value is -2.11. The molecule has 1 saturated carbocycles. The molecule has 1 aromatic heterocycles. The number of carbonyl (C=O) groups is 2.